The Morgan fingerprint density at radius 1 is 1.30 bits per heavy atom. The molecule has 3 nitrogen and oxygen atoms in total. The molecule has 1 heterocycles. The molecule has 2 aromatic rings. The number of hydrogen-bond donors (Lipinski definition) is 1. The van der Waals surface area contributed by atoms with Crippen molar-refractivity contribution >= 4 is 23.3 Å². The maximum absolute atomic E-state index is 13.2. The van der Waals surface area contributed by atoms with Gasteiger partial charge in [0.05, 0.1) is 11.1 Å². The van der Waals surface area contributed by atoms with Gasteiger partial charge >= 0.3 is 6.03 Å². The first-order valence-corrected chi connectivity index (χ1v) is 8.01. The smallest absolute Gasteiger partial charge is 0.317 e. The average molecular weight is 333 g/mol. The second-order valence-corrected chi connectivity index (χ2v) is 6.23. The molecule has 3 rings (SSSR count). The lowest BCUT2D eigenvalue weighted by Gasteiger charge is -2.25. The van der Waals surface area contributed by atoms with Crippen LogP contribution in [-0.4, -0.2) is 17.5 Å². The highest BCUT2D eigenvalue weighted by Crippen LogP contribution is 2.33. The van der Waals surface area contributed by atoms with Crippen LogP contribution in [0.4, 0.5) is 14.9 Å². The monoisotopic (exact) mass is 332 g/mol. The van der Waals surface area contributed by atoms with Crippen molar-refractivity contribution < 1.29 is 9.18 Å². The Labute approximate surface area is 140 Å². The summed E-state index contributed by atoms with van der Waals surface area (Å²) in [6, 6.07) is 12.3. The fourth-order valence-corrected chi connectivity index (χ4v) is 3.18. The lowest BCUT2D eigenvalue weighted by atomic mass is 10.0. The van der Waals surface area contributed by atoms with Gasteiger partial charge in [-0.2, -0.15) is 0 Å². The molecular formula is C18H18ClFN2O. The molecule has 23 heavy (non-hydrogen) atoms. The van der Waals surface area contributed by atoms with E-state index in [1.165, 1.54) is 23.8 Å². The van der Waals surface area contributed by atoms with E-state index in [2.05, 4.69) is 17.4 Å². The van der Waals surface area contributed by atoms with Gasteiger partial charge in [0.1, 0.15) is 5.82 Å². The molecule has 1 fully saturated rings. The van der Waals surface area contributed by atoms with Gasteiger partial charge in [0.15, 0.2) is 0 Å². The Morgan fingerprint density at radius 2 is 2.13 bits per heavy atom. The van der Waals surface area contributed by atoms with Crippen LogP contribution >= 0.6 is 11.6 Å². The summed E-state index contributed by atoms with van der Waals surface area (Å²) >= 11 is 5.76. The quantitative estimate of drug-likeness (QED) is 0.809. The molecule has 0 aromatic heterocycles. The molecule has 0 radical (unpaired) electrons. The van der Waals surface area contributed by atoms with Crippen molar-refractivity contribution in [1.29, 1.82) is 0 Å². The Morgan fingerprint density at radius 3 is 2.87 bits per heavy atom. The zero-order valence-electron chi connectivity index (χ0n) is 12.9. The molecule has 1 saturated heterocycles. The summed E-state index contributed by atoms with van der Waals surface area (Å²) in [7, 11) is 0. The maximum Gasteiger partial charge on any atom is 0.322 e. The van der Waals surface area contributed by atoms with Crippen molar-refractivity contribution in [2.45, 2.75) is 25.8 Å². The van der Waals surface area contributed by atoms with E-state index in [1.807, 2.05) is 24.0 Å². The first-order chi connectivity index (χ1) is 11.0. The minimum absolute atomic E-state index is 0.000504. The molecule has 1 unspecified atom stereocenters. The number of rotatable bonds is 2. The number of aryl methyl sites for hydroxylation is 1. The first kappa shape index (κ1) is 15.8. The average Bonchev–Trinajstić information content (AvgIpc) is 3.00. The van der Waals surface area contributed by atoms with Gasteiger partial charge in [-0.05, 0) is 43.5 Å². The maximum atomic E-state index is 13.2. The predicted molar refractivity (Wildman–Crippen MR) is 90.3 cm³/mol. The Hall–Kier alpha value is -2.07. The molecular weight excluding hydrogens is 315 g/mol. The number of urea groups is 1. The summed E-state index contributed by atoms with van der Waals surface area (Å²) in [5.41, 5.74) is 2.83. The van der Waals surface area contributed by atoms with Crippen molar-refractivity contribution in [2.24, 2.45) is 0 Å². The summed E-state index contributed by atoms with van der Waals surface area (Å²) in [5, 5.41) is 2.80. The van der Waals surface area contributed by atoms with Gasteiger partial charge in [0.2, 0.25) is 0 Å². The third-order valence-corrected chi connectivity index (χ3v) is 4.40. The van der Waals surface area contributed by atoms with E-state index in [4.69, 9.17) is 11.6 Å². The SMILES string of the molecule is Cc1cccc(C2CCCN2C(=O)Nc2ccc(F)c(Cl)c2)c1. The number of benzene rings is 2. The highest BCUT2D eigenvalue weighted by atomic mass is 35.5. The zero-order valence-corrected chi connectivity index (χ0v) is 13.6. The van der Waals surface area contributed by atoms with E-state index in [1.54, 1.807) is 0 Å². The Balaban J connectivity index is 1.76. The Bertz CT molecular complexity index is 735. The predicted octanol–water partition coefficient (Wildman–Crippen LogP) is 5.16. The molecule has 1 aliphatic rings. The normalized spacial score (nSPS) is 17.3. The molecule has 2 aromatic carbocycles. The molecule has 5 heteroatoms. The van der Waals surface area contributed by atoms with Crippen LogP contribution in [0.25, 0.3) is 0 Å². The summed E-state index contributed by atoms with van der Waals surface area (Å²) in [6.45, 7) is 2.75. The van der Waals surface area contributed by atoms with E-state index in [9.17, 15) is 9.18 Å². The standard InChI is InChI=1S/C18H18ClFN2O/c1-12-4-2-5-13(10-12)17-6-3-9-22(17)18(23)21-14-7-8-16(20)15(19)11-14/h2,4-5,7-8,10-11,17H,3,6,9H2,1H3,(H,21,23). The minimum atomic E-state index is -0.497. The molecule has 1 atom stereocenters. The van der Waals surface area contributed by atoms with Crippen molar-refractivity contribution in [1.82, 2.24) is 4.90 Å². The van der Waals surface area contributed by atoms with Crippen LogP contribution < -0.4 is 5.32 Å². The highest BCUT2D eigenvalue weighted by Gasteiger charge is 2.30. The van der Waals surface area contributed by atoms with Crippen molar-refractivity contribution in [3.05, 3.63) is 64.4 Å². The topological polar surface area (TPSA) is 32.3 Å². The number of anilines is 1. The van der Waals surface area contributed by atoms with Crippen LogP contribution in [-0.2, 0) is 0 Å². The van der Waals surface area contributed by atoms with Gasteiger partial charge in [0, 0.05) is 12.2 Å². The van der Waals surface area contributed by atoms with Gasteiger partial charge in [-0.1, -0.05) is 41.4 Å². The van der Waals surface area contributed by atoms with E-state index in [0.717, 1.165) is 18.4 Å². The number of amides is 2. The summed E-state index contributed by atoms with van der Waals surface area (Å²) in [4.78, 5) is 14.4. The van der Waals surface area contributed by atoms with Gasteiger partial charge < -0.3 is 10.2 Å². The number of halogens is 2. The van der Waals surface area contributed by atoms with E-state index >= 15 is 0 Å². The first-order valence-electron chi connectivity index (χ1n) is 7.64. The van der Waals surface area contributed by atoms with Crippen molar-refractivity contribution in [3.8, 4) is 0 Å². The zero-order chi connectivity index (χ0) is 16.4. The van der Waals surface area contributed by atoms with Gasteiger partial charge in [-0.25, -0.2) is 9.18 Å². The van der Waals surface area contributed by atoms with Crippen LogP contribution in [0.5, 0.6) is 0 Å². The third kappa shape index (κ3) is 3.48. The fourth-order valence-electron chi connectivity index (χ4n) is 3.00. The van der Waals surface area contributed by atoms with E-state index < -0.39 is 5.82 Å². The number of carbonyl (C=O) groups excluding carboxylic acids is 1. The van der Waals surface area contributed by atoms with E-state index in [0.29, 0.717) is 12.2 Å². The van der Waals surface area contributed by atoms with Crippen LogP contribution in [0.2, 0.25) is 5.02 Å². The highest BCUT2D eigenvalue weighted by molar-refractivity contribution is 6.31. The summed E-state index contributed by atoms with van der Waals surface area (Å²) < 4.78 is 13.2. The van der Waals surface area contributed by atoms with Crippen LogP contribution in [0, 0.1) is 12.7 Å². The van der Waals surface area contributed by atoms with Crippen molar-refractivity contribution in [2.75, 3.05) is 11.9 Å². The van der Waals surface area contributed by atoms with Gasteiger partial charge in [-0.3, -0.25) is 0 Å². The number of nitrogens with zero attached hydrogens (tertiary/aromatic N) is 1. The molecule has 0 bridgehead atoms. The molecule has 0 aliphatic carbocycles. The van der Waals surface area contributed by atoms with Gasteiger partial charge in [-0.15, -0.1) is 0 Å². The second-order valence-electron chi connectivity index (χ2n) is 5.82. The minimum Gasteiger partial charge on any atom is -0.317 e. The van der Waals surface area contributed by atoms with Crippen LogP contribution in [0.3, 0.4) is 0 Å². The number of nitrogens with one attached hydrogen (secondary N) is 1. The molecule has 0 saturated carbocycles. The molecule has 1 N–H and O–H groups in total. The molecule has 0 spiro atoms. The third-order valence-electron chi connectivity index (χ3n) is 4.11. The van der Waals surface area contributed by atoms with Crippen LogP contribution in [0.1, 0.15) is 30.0 Å². The lowest BCUT2D eigenvalue weighted by molar-refractivity contribution is 0.207. The molecule has 1 aliphatic heterocycles. The lowest BCUT2D eigenvalue weighted by Crippen LogP contribution is -2.34. The largest absolute Gasteiger partial charge is 0.322 e. The number of carbonyl (C=O) groups is 1. The van der Waals surface area contributed by atoms with Gasteiger partial charge in [0.25, 0.3) is 0 Å². The summed E-state index contributed by atoms with van der Waals surface area (Å²) in [6.07, 6.45) is 1.91. The van der Waals surface area contributed by atoms with Crippen LogP contribution in [0.15, 0.2) is 42.5 Å². The number of hydrogen-bond acceptors (Lipinski definition) is 1. The second kappa shape index (κ2) is 6.59. The molecule has 120 valence electrons. The Kier molecular flexibility index (Phi) is 4.53. The summed E-state index contributed by atoms with van der Waals surface area (Å²) in [5.74, 6) is -0.497. The number of likely N-dealkylation sites (tertiary alicyclic amines) is 1. The van der Waals surface area contributed by atoms with E-state index in [-0.39, 0.29) is 17.1 Å². The van der Waals surface area contributed by atoms with Crippen molar-refractivity contribution in [3.63, 3.8) is 0 Å². The fraction of sp³-hybridized carbons (Fsp3) is 0.278. The molecule has 2 amide bonds.